The fraction of sp³-hybridized carbons (Fsp3) is 0.375. The van der Waals surface area contributed by atoms with Gasteiger partial charge < -0.3 is 4.74 Å². The molecule has 7 nitrogen and oxygen atoms in total. The molecule has 0 aliphatic rings. The van der Waals surface area contributed by atoms with E-state index in [2.05, 4.69) is 4.98 Å². The molecular weight excluding hydrogens is 389 g/mol. The molecule has 0 saturated carbocycles. The summed E-state index contributed by atoms with van der Waals surface area (Å²) in [7, 11) is 1.49. The number of aromatic nitrogens is 3. The van der Waals surface area contributed by atoms with Gasteiger partial charge >= 0.3 is 11.9 Å². The van der Waals surface area contributed by atoms with Crippen molar-refractivity contribution in [3.63, 3.8) is 0 Å². The van der Waals surface area contributed by atoms with Gasteiger partial charge in [0.2, 0.25) is 0 Å². The van der Waals surface area contributed by atoms with Crippen molar-refractivity contribution in [2.45, 2.75) is 25.7 Å². The second-order valence-corrected chi connectivity index (χ2v) is 5.93. The number of ether oxygens (including phenoxy) is 1. The minimum absolute atomic E-state index is 0.0950. The first-order valence-corrected chi connectivity index (χ1v) is 8.01. The van der Waals surface area contributed by atoms with Crippen LogP contribution in [0.3, 0.4) is 0 Å². The third kappa shape index (κ3) is 4.75. The van der Waals surface area contributed by atoms with E-state index in [9.17, 15) is 22.8 Å². The molecule has 0 unspecified atom stereocenters. The number of hydrogen-bond donors (Lipinski definition) is 0. The maximum Gasteiger partial charge on any atom is 0.417 e. The minimum atomic E-state index is -4.62. The van der Waals surface area contributed by atoms with Gasteiger partial charge in [-0.2, -0.15) is 18.4 Å². The number of methoxy groups -OCH3 is 1. The van der Waals surface area contributed by atoms with E-state index in [1.165, 1.54) is 7.11 Å². The van der Waals surface area contributed by atoms with Crippen LogP contribution in [0, 0.1) is 11.3 Å². The van der Waals surface area contributed by atoms with Gasteiger partial charge in [-0.05, 0) is 12.5 Å². The predicted molar refractivity (Wildman–Crippen MR) is 89.5 cm³/mol. The zero-order valence-corrected chi connectivity index (χ0v) is 14.8. The van der Waals surface area contributed by atoms with Crippen molar-refractivity contribution in [1.29, 1.82) is 5.26 Å². The first-order chi connectivity index (χ1) is 12.7. The molecule has 11 heteroatoms. The number of hydrogen-bond acceptors (Lipinski definition) is 5. The van der Waals surface area contributed by atoms with Gasteiger partial charge in [0, 0.05) is 32.7 Å². The van der Waals surface area contributed by atoms with Crippen molar-refractivity contribution < 1.29 is 17.9 Å². The Morgan fingerprint density at radius 3 is 2.63 bits per heavy atom. The minimum Gasteiger partial charge on any atom is -0.385 e. The van der Waals surface area contributed by atoms with Gasteiger partial charge in [-0.1, -0.05) is 11.6 Å². The van der Waals surface area contributed by atoms with E-state index >= 15 is 0 Å². The van der Waals surface area contributed by atoms with Gasteiger partial charge in [0.25, 0.3) is 5.56 Å². The lowest BCUT2D eigenvalue weighted by molar-refractivity contribution is -0.137. The summed E-state index contributed by atoms with van der Waals surface area (Å²) in [6.45, 7) is 0.0873. The Hall–Kier alpha value is -2.64. The van der Waals surface area contributed by atoms with E-state index in [1.807, 2.05) is 0 Å². The van der Waals surface area contributed by atoms with E-state index in [0.717, 1.165) is 10.8 Å². The van der Waals surface area contributed by atoms with E-state index < -0.39 is 29.5 Å². The summed E-state index contributed by atoms with van der Waals surface area (Å²) in [6.07, 6.45) is -2.46. The molecule has 27 heavy (non-hydrogen) atoms. The highest BCUT2D eigenvalue weighted by Crippen LogP contribution is 2.31. The molecule has 0 saturated heterocycles. The molecule has 2 aromatic heterocycles. The smallest absolute Gasteiger partial charge is 0.385 e. The van der Waals surface area contributed by atoms with Gasteiger partial charge in [-0.3, -0.25) is 18.9 Å². The molecule has 2 heterocycles. The quantitative estimate of drug-likeness (QED) is 0.690. The lowest BCUT2D eigenvalue weighted by atomic mass is 10.2. The second kappa shape index (κ2) is 8.37. The van der Waals surface area contributed by atoms with Crippen LogP contribution < -0.4 is 11.2 Å². The van der Waals surface area contributed by atoms with Crippen LogP contribution in [0.4, 0.5) is 13.2 Å². The van der Waals surface area contributed by atoms with Gasteiger partial charge in [-0.25, -0.2) is 4.79 Å². The Bertz CT molecular complexity index is 992. The molecule has 0 atom stereocenters. The Morgan fingerprint density at radius 2 is 2.07 bits per heavy atom. The van der Waals surface area contributed by atoms with E-state index in [4.69, 9.17) is 21.6 Å². The van der Waals surface area contributed by atoms with Gasteiger partial charge in [0.05, 0.1) is 22.8 Å². The van der Waals surface area contributed by atoms with Crippen LogP contribution in [0.15, 0.2) is 28.0 Å². The maximum atomic E-state index is 12.7. The number of aryl methyl sites for hydroxylation is 1. The van der Waals surface area contributed by atoms with E-state index in [0.29, 0.717) is 29.9 Å². The summed E-state index contributed by atoms with van der Waals surface area (Å²) in [4.78, 5) is 28.4. The van der Waals surface area contributed by atoms with Crippen molar-refractivity contribution in [2.24, 2.45) is 0 Å². The maximum absolute atomic E-state index is 12.7. The van der Waals surface area contributed by atoms with Crippen molar-refractivity contribution >= 4 is 11.6 Å². The summed E-state index contributed by atoms with van der Waals surface area (Å²) < 4.78 is 44.9. The summed E-state index contributed by atoms with van der Waals surface area (Å²) in [6, 6.07) is 2.36. The number of pyridine rings is 1. The predicted octanol–water partition coefficient (Wildman–Crippen LogP) is 2.03. The van der Waals surface area contributed by atoms with Crippen LogP contribution in [-0.4, -0.2) is 27.8 Å². The van der Waals surface area contributed by atoms with Gasteiger partial charge in [0.1, 0.15) is 11.6 Å². The molecular formula is C16H14ClF3N4O3. The molecule has 2 rings (SSSR count). The molecule has 0 spiro atoms. The fourth-order valence-corrected chi connectivity index (χ4v) is 2.52. The summed E-state index contributed by atoms with van der Waals surface area (Å²) >= 11 is 5.84. The highest BCUT2D eigenvalue weighted by atomic mass is 35.5. The van der Waals surface area contributed by atoms with Crippen molar-refractivity contribution in [3.05, 3.63) is 61.1 Å². The molecule has 2 aromatic rings. The Labute approximate surface area is 156 Å². The van der Waals surface area contributed by atoms with Crippen LogP contribution in [0.5, 0.6) is 0 Å². The Balaban J connectivity index is 2.47. The third-order valence-electron chi connectivity index (χ3n) is 3.66. The zero-order valence-electron chi connectivity index (χ0n) is 14.1. The van der Waals surface area contributed by atoms with Crippen LogP contribution in [0.1, 0.15) is 23.2 Å². The molecule has 0 fully saturated rings. The summed E-state index contributed by atoms with van der Waals surface area (Å²) in [5.41, 5.74) is -3.03. The topological polar surface area (TPSA) is 89.9 Å². The zero-order chi connectivity index (χ0) is 20.2. The average molecular weight is 403 g/mol. The Kier molecular flexibility index (Phi) is 6.41. The summed E-state index contributed by atoms with van der Waals surface area (Å²) in [5, 5.41) is 8.76. The largest absolute Gasteiger partial charge is 0.417 e. The van der Waals surface area contributed by atoms with Crippen LogP contribution in [0.2, 0.25) is 5.02 Å². The standard InChI is InChI=1S/C16H14ClF3N4O3/c1-27-4-2-3-23-8-10(6-21)14(25)24(15(23)26)9-13-12(17)5-11(7-22-13)16(18,19)20/h5,7-8H,2-4,9H2,1H3. The Morgan fingerprint density at radius 1 is 1.37 bits per heavy atom. The summed E-state index contributed by atoms with van der Waals surface area (Å²) in [5.74, 6) is 0. The monoisotopic (exact) mass is 402 g/mol. The van der Waals surface area contributed by atoms with Crippen LogP contribution >= 0.6 is 11.6 Å². The van der Waals surface area contributed by atoms with Crippen molar-refractivity contribution in [1.82, 2.24) is 14.1 Å². The van der Waals surface area contributed by atoms with E-state index in [1.54, 1.807) is 6.07 Å². The number of halogens is 4. The first kappa shape index (κ1) is 20.7. The normalized spacial score (nSPS) is 11.4. The number of nitriles is 1. The lowest BCUT2D eigenvalue weighted by Crippen LogP contribution is -2.41. The molecule has 0 amide bonds. The molecule has 0 N–H and O–H groups in total. The number of nitrogens with zero attached hydrogens (tertiary/aromatic N) is 4. The first-order valence-electron chi connectivity index (χ1n) is 7.64. The molecule has 0 radical (unpaired) electrons. The number of alkyl halides is 3. The van der Waals surface area contributed by atoms with Crippen molar-refractivity contribution in [3.8, 4) is 6.07 Å². The molecule has 144 valence electrons. The molecule has 0 bridgehead atoms. The van der Waals surface area contributed by atoms with Gasteiger partial charge in [-0.15, -0.1) is 0 Å². The highest BCUT2D eigenvalue weighted by Gasteiger charge is 2.31. The van der Waals surface area contributed by atoms with Crippen LogP contribution in [0.25, 0.3) is 0 Å². The number of rotatable bonds is 6. The van der Waals surface area contributed by atoms with Gasteiger partial charge in [0.15, 0.2) is 0 Å². The molecule has 0 aromatic carbocycles. The van der Waals surface area contributed by atoms with Crippen LogP contribution in [-0.2, 0) is 24.0 Å². The molecule has 0 aliphatic heterocycles. The fourth-order valence-electron chi connectivity index (χ4n) is 2.30. The van der Waals surface area contributed by atoms with E-state index in [-0.39, 0.29) is 22.8 Å². The van der Waals surface area contributed by atoms with Crippen molar-refractivity contribution in [2.75, 3.05) is 13.7 Å². The molecule has 0 aliphatic carbocycles. The highest BCUT2D eigenvalue weighted by molar-refractivity contribution is 6.31. The lowest BCUT2D eigenvalue weighted by Gasteiger charge is -2.12. The second-order valence-electron chi connectivity index (χ2n) is 5.52. The SMILES string of the molecule is COCCCn1cc(C#N)c(=O)n(Cc2ncc(C(F)(F)F)cc2Cl)c1=O. The average Bonchev–Trinajstić information content (AvgIpc) is 2.61. The third-order valence-corrected chi connectivity index (χ3v) is 3.98.